The minimum atomic E-state index is -0.0549. The van der Waals surface area contributed by atoms with Gasteiger partial charge in [-0.1, -0.05) is 18.7 Å². The molecule has 0 aliphatic heterocycles. The van der Waals surface area contributed by atoms with Crippen molar-refractivity contribution in [1.82, 2.24) is 20.1 Å². The van der Waals surface area contributed by atoms with Gasteiger partial charge < -0.3 is 5.32 Å². The number of rotatable bonds is 7. The van der Waals surface area contributed by atoms with Crippen LogP contribution in [0.1, 0.15) is 19.8 Å². The Bertz CT molecular complexity index is 343. The van der Waals surface area contributed by atoms with Crippen molar-refractivity contribution in [3.63, 3.8) is 0 Å². The third-order valence-electron chi connectivity index (χ3n) is 2.10. The van der Waals surface area contributed by atoms with Crippen molar-refractivity contribution < 1.29 is 0 Å². The number of hydrogen-bond donors (Lipinski definition) is 1. The van der Waals surface area contributed by atoms with Crippen LogP contribution in [-0.4, -0.2) is 33.1 Å². The Morgan fingerprint density at radius 1 is 1.69 bits per heavy atom. The summed E-state index contributed by atoms with van der Waals surface area (Å²) in [5.41, 5.74) is 0. The quantitative estimate of drug-likeness (QED) is 0.724. The molecule has 88 valence electrons. The van der Waals surface area contributed by atoms with Gasteiger partial charge in [0.25, 0.3) is 0 Å². The lowest BCUT2D eigenvalue weighted by molar-refractivity contribution is 0.585. The second kappa shape index (κ2) is 7.25. The highest BCUT2D eigenvalue weighted by Crippen LogP contribution is 2.14. The van der Waals surface area contributed by atoms with Gasteiger partial charge in [-0.2, -0.15) is 10.4 Å². The topological polar surface area (TPSA) is 66.5 Å². The Balaban J connectivity index is 2.24. The van der Waals surface area contributed by atoms with Crippen molar-refractivity contribution in [2.24, 2.45) is 7.05 Å². The molecule has 1 atom stereocenters. The molecule has 0 saturated heterocycles. The molecule has 0 fully saturated rings. The maximum absolute atomic E-state index is 8.91. The summed E-state index contributed by atoms with van der Waals surface area (Å²) < 4.78 is 1.74. The zero-order valence-corrected chi connectivity index (χ0v) is 10.5. The van der Waals surface area contributed by atoms with Crippen molar-refractivity contribution in [3.05, 3.63) is 6.33 Å². The van der Waals surface area contributed by atoms with E-state index in [1.807, 2.05) is 7.05 Å². The van der Waals surface area contributed by atoms with Crippen molar-refractivity contribution >= 4 is 11.8 Å². The predicted molar refractivity (Wildman–Crippen MR) is 64.0 cm³/mol. The molecule has 1 aromatic rings. The van der Waals surface area contributed by atoms with E-state index < -0.39 is 0 Å². The number of nitriles is 1. The summed E-state index contributed by atoms with van der Waals surface area (Å²) in [4.78, 5) is 4.11. The lowest BCUT2D eigenvalue weighted by atomic mass is 10.2. The SMILES string of the molecule is CCCNC(C#N)CCSc1ncnn1C. The monoisotopic (exact) mass is 239 g/mol. The Morgan fingerprint density at radius 3 is 3.06 bits per heavy atom. The number of aromatic nitrogens is 3. The second-order valence-electron chi connectivity index (χ2n) is 3.44. The van der Waals surface area contributed by atoms with Crippen LogP contribution in [0.15, 0.2) is 11.5 Å². The first-order valence-electron chi connectivity index (χ1n) is 5.37. The van der Waals surface area contributed by atoms with E-state index >= 15 is 0 Å². The summed E-state index contributed by atoms with van der Waals surface area (Å²) in [5, 5.41) is 17.0. The molecule has 0 amide bonds. The third-order valence-corrected chi connectivity index (χ3v) is 3.17. The Hall–Kier alpha value is -1.06. The van der Waals surface area contributed by atoms with Gasteiger partial charge in [0.15, 0.2) is 5.16 Å². The Kier molecular flexibility index (Phi) is 5.90. The molecule has 1 N–H and O–H groups in total. The summed E-state index contributed by atoms with van der Waals surface area (Å²) >= 11 is 1.63. The van der Waals surface area contributed by atoms with Gasteiger partial charge in [-0.05, 0) is 19.4 Å². The van der Waals surface area contributed by atoms with Crippen molar-refractivity contribution in [3.8, 4) is 6.07 Å². The Labute approximate surface area is 100 Å². The molecule has 0 aliphatic carbocycles. The normalized spacial score (nSPS) is 12.3. The van der Waals surface area contributed by atoms with Gasteiger partial charge in [0.1, 0.15) is 6.33 Å². The van der Waals surface area contributed by atoms with E-state index in [1.54, 1.807) is 22.8 Å². The van der Waals surface area contributed by atoms with E-state index in [9.17, 15) is 0 Å². The fourth-order valence-electron chi connectivity index (χ4n) is 1.22. The molecular weight excluding hydrogens is 222 g/mol. The average molecular weight is 239 g/mol. The first-order valence-corrected chi connectivity index (χ1v) is 6.36. The molecule has 1 unspecified atom stereocenters. The number of aryl methyl sites for hydroxylation is 1. The van der Waals surface area contributed by atoms with Gasteiger partial charge in [-0.25, -0.2) is 9.67 Å². The van der Waals surface area contributed by atoms with Gasteiger partial charge in [0.2, 0.25) is 0 Å². The first kappa shape index (κ1) is 13.0. The van der Waals surface area contributed by atoms with Crippen LogP contribution in [0.4, 0.5) is 0 Å². The molecule has 6 heteroatoms. The van der Waals surface area contributed by atoms with E-state index in [4.69, 9.17) is 5.26 Å². The molecule has 0 radical (unpaired) electrons. The highest BCUT2D eigenvalue weighted by Gasteiger charge is 2.07. The highest BCUT2D eigenvalue weighted by atomic mass is 32.2. The van der Waals surface area contributed by atoms with E-state index in [1.165, 1.54) is 0 Å². The van der Waals surface area contributed by atoms with Crippen molar-refractivity contribution in [1.29, 1.82) is 5.26 Å². The molecule has 16 heavy (non-hydrogen) atoms. The van der Waals surface area contributed by atoms with E-state index in [2.05, 4.69) is 28.4 Å². The number of hydrogen-bond acceptors (Lipinski definition) is 5. The highest BCUT2D eigenvalue weighted by molar-refractivity contribution is 7.99. The third kappa shape index (κ3) is 4.21. The summed E-state index contributed by atoms with van der Waals surface area (Å²) in [5.74, 6) is 0.876. The number of thioether (sulfide) groups is 1. The summed E-state index contributed by atoms with van der Waals surface area (Å²) in [6, 6.07) is 2.21. The van der Waals surface area contributed by atoms with Crippen LogP contribution in [0.25, 0.3) is 0 Å². The molecule has 0 saturated carbocycles. The smallest absolute Gasteiger partial charge is 0.185 e. The van der Waals surface area contributed by atoms with Crippen LogP contribution in [-0.2, 0) is 7.05 Å². The zero-order chi connectivity index (χ0) is 11.8. The minimum Gasteiger partial charge on any atom is -0.302 e. The molecule has 0 aliphatic rings. The van der Waals surface area contributed by atoms with E-state index in [-0.39, 0.29) is 6.04 Å². The van der Waals surface area contributed by atoms with Gasteiger partial charge in [0.05, 0.1) is 12.1 Å². The fourth-order valence-corrected chi connectivity index (χ4v) is 2.11. The van der Waals surface area contributed by atoms with Gasteiger partial charge in [0, 0.05) is 12.8 Å². The fraction of sp³-hybridized carbons (Fsp3) is 0.700. The van der Waals surface area contributed by atoms with Crippen LogP contribution in [0.3, 0.4) is 0 Å². The lowest BCUT2D eigenvalue weighted by Gasteiger charge is -2.09. The predicted octanol–water partition coefficient (Wildman–Crippen LogP) is 1.19. The van der Waals surface area contributed by atoms with Crippen LogP contribution in [0, 0.1) is 11.3 Å². The van der Waals surface area contributed by atoms with Gasteiger partial charge >= 0.3 is 0 Å². The Morgan fingerprint density at radius 2 is 2.50 bits per heavy atom. The van der Waals surface area contributed by atoms with Crippen LogP contribution < -0.4 is 5.32 Å². The molecule has 1 heterocycles. The second-order valence-corrected chi connectivity index (χ2v) is 4.50. The molecule has 0 aromatic carbocycles. The minimum absolute atomic E-state index is 0.0549. The molecule has 0 spiro atoms. The molecule has 1 aromatic heterocycles. The maximum Gasteiger partial charge on any atom is 0.185 e. The zero-order valence-electron chi connectivity index (χ0n) is 9.68. The first-order chi connectivity index (χ1) is 7.77. The number of nitrogens with one attached hydrogen (secondary N) is 1. The number of nitrogens with zero attached hydrogens (tertiary/aromatic N) is 4. The van der Waals surface area contributed by atoms with Crippen molar-refractivity contribution in [2.75, 3.05) is 12.3 Å². The average Bonchev–Trinajstić information content (AvgIpc) is 2.69. The van der Waals surface area contributed by atoms with E-state index in [0.29, 0.717) is 0 Å². The van der Waals surface area contributed by atoms with Crippen LogP contribution in [0.2, 0.25) is 0 Å². The summed E-state index contributed by atoms with van der Waals surface area (Å²) in [7, 11) is 1.87. The van der Waals surface area contributed by atoms with Gasteiger partial charge in [-0.15, -0.1) is 0 Å². The maximum atomic E-state index is 8.91. The van der Waals surface area contributed by atoms with Crippen LogP contribution >= 0.6 is 11.8 Å². The summed E-state index contributed by atoms with van der Waals surface area (Å²) in [6.45, 7) is 2.99. The molecule has 5 nitrogen and oxygen atoms in total. The van der Waals surface area contributed by atoms with Crippen molar-refractivity contribution in [2.45, 2.75) is 31.0 Å². The summed E-state index contributed by atoms with van der Waals surface area (Å²) in [6.07, 6.45) is 3.42. The van der Waals surface area contributed by atoms with Gasteiger partial charge in [-0.3, -0.25) is 0 Å². The molecular formula is C10H17N5S. The molecule has 1 rings (SSSR count). The van der Waals surface area contributed by atoms with Crippen LogP contribution in [0.5, 0.6) is 0 Å². The lowest BCUT2D eigenvalue weighted by Crippen LogP contribution is -2.28. The standard InChI is InChI=1S/C10H17N5S/c1-3-5-12-9(7-11)4-6-16-10-13-8-14-15(10)2/h8-9,12H,3-6H2,1-2H3. The largest absolute Gasteiger partial charge is 0.302 e. The van der Waals surface area contributed by atoms with E-state index in [0.717, 1.165) is 30.3 Å². The molecule has 0 bridgehead atoms.